The van der Waals surface area contributed by atoms with Gasteiger partial charge in [-0.2, -0.15) is 0 Å². The van der Waals surface area contributed by atoms with Gasteiger partial charge in [0, 0.05) is 5.56 Å². The lowest BCUT2D eigenvalue weighted by Crippen LogP contribution is -2.15. The second kappa shape index (κ2) is 7.17. The molecule has 0 N–H and O–H groups in total. The van der Waals surface area contributed by atoms with Crippen molar-refractivity contribution in [3.05, 3.63) is 59.7 Å². The molecule has 1 aliphatic heterocycles. The number of Topliss-reactive ketones (excluding diaryl/α,β-unsaturated/α-hetero) is 1. The molecule has 1 unspecified atom stereocenters. The smallest absolute Gasteiger partial charge is 0.306 e. The van der Waals surface area contributed by atoms with Gasteiger partial charge in [-0.15, -0.1) is 0 Å². The molecule has 24 heavy (non-hydrogen) atoms. The molecule has 0 amide bonds. The van der Waals surface area contributed by atoms with Crippen molar-refractivity contribution in [2.45, 2.75) is 13.0 Å². The van der Waals surface area contributed by atoms with Crippen molar-refractivity contribution in [3.63, 3.8) is 0 Å². The Labute approximate surface area is 140 Å². The van der Waals surface area contributed by atoms with Crippen LogP contribution in [0.15, 0.2) is 48.5 Å². The highest BCUT2D eigenvalue weighted by Gasteiger charge is 2.31. The second-order valence-corrected chi connectivity index (χ2v) is 5.59. The average Bonchev–Trinajstić information content (AvgIpc) is 3.06. The van der Waals surface area contributed by atoms with E-state index in [-0.39, 0.29) is 24.8 Å². The largest absolute Gasteiger partial charge is 0.493 e. The molecule has 124 valence electrons. The Kier molecular flexibility index (Phi) is 4.79. The van der Waals surface area contributed by atoms with E-state index in [9.17, 15) is 9.59 Å². The zero-order valence-electron chi connectivity index (χ0n) is 13.4. The van der Waals surface area contributed by atoms with Gasteiger partial charge in [-0.1, -0.05) is 30.3 Å². The fourth-order valence-electron chi connectivity index (χ4n) is 2.59. The Morgan fingerprint density at radius 3 is 2.62 bits per heavy atom. The molecule has 2 aromatic carbocycles. The molecule has 0 aliphatic carbocycles. The van der Waals surface area contributed by atoms with Crippen molar-refractivity contribution >= 4 is 11.8 Å². The van der Waals surface area contributed by atoms with Gasteiger partial charge in [0.25, 0.3) is 0 Å². The molecule has 3 rings (SSSR count). The molecular formula is C19H18O5. The third-order valence-electron chi connectivity index (χ3n) is 3.91. The molecule has 1 saturated heterocycles. The predicted molar refractivity (Wildman–Crippen MR) is 87.2 cm³/mol. The van der Waals surface area contributed by atoms with Crippen LogP contribution in [0, 0.1) is 5.92 Å². The molecule has 2 aromatic rings. The van der Waals surface area contributed by atoms with Gasteiger partial charge in [0.05, 0.1) is 19.4 Å². The van der Waals surface area contributed by atoms with Gasteiger partial charge < -0.3 is 14.2 Å². The van der Waals surface area contributed by atoms with Crippen molar-refractivity contribution < 1.29 is 23.8 Å². The van der Waals surface area contributed by atoms with E-state index in [1.54, 1.807) is 25.3 Å². The lowest BCUT2D eigenvalue weighted by molar-refractivity contribution is -0.137. The third-order valence-corrected chi connectivity index (χ3v) is 3.91. The number of carbonyl (C=O) groups excluding carboxylic acids is 2. The highest BCUT2D eigenvalue weighted by atomic mass is 16.5. The van der Waals surface area contributed by atoms with Crippen molar-refractivity contribution in [3.8, 4) is 11.5 Å². The third kappa shape index (κ3) is 3.56. The first-order chi connectivity index (χ1) is 11.7. The first kappa shape index (κ1) is 16.1. The lowest BCUT2D eigenvalue weighted by Gasteiger charge is -2.13. The van der Waals surface area contributed by atoms with Gasteiger partial charge in [0.15, 0.2) is 17.3 Å². The van der Waals surface area contributed by atoms with Crippen LogP contribution in [0.3, 0.4) is 0 Å². The summed E-state index contributed by atoms with van der Waals surface area (Å²) in [6.45, 7) is 0.518. The number of rotatable bonds is 6. The SMILES string of the molecule is COc1ccc(C(=O)C2COC(=O)C2)cc1OCc1ccccc1. The maximum absolute atomic E-state index is 12.5. The van der Waals surface area contributed by atoms with Gasteiger partial charge >= 0.3 is 5.97 Å². The van der Waals surface area contributed by atoms with E-state index >= 15 is 0 Å². The van der Waals surface area contributed by atoms with Crippen LogP contribution < -0.4 is 9.47 Å². The van der Waals surface area contributed by atoms with E-state index in [0.29, 0.717) is 23.7 Å². The molecule has 5 heteroatoms. The van der Waals surface area contributed by atoms with Crippen molar-refractivity contribution in [2.24, 2.45) is 5.92 Å². The van der Waals surface area contributed by atoms with Crippen LogP contribution in [0.25, 0.3) is 0 Å². The minimum Gasteiger partial charge on any atom is -0.493 e. The molecule has 1 atom stereocenters. The highest BCUT2D eigenvalue weighted by molar-refractivity contribution is 6.01. The fourth-order valence-corrected chi connectivity index (χ4v) is 2.59. The van der Waals surface area contributed by atoms with Crippen molar-refractivity contribution in [1.29, 1.82) is 0 Å². The van der Waals surface area contributed by atoms with Gasteiger partial charge in [-0.25, -0.2) is 0 Å². The molecular weight excluding hydrogens is 308 g/mol. The van der Waals surface area contributed by atoms with Crippen LogP contribution in [0.1, 0.15) is 22.3 Å². The first-order valence-electron chi connectivity index (χ1n) is 7.72. The molecule has 0 bridgehead atoms. The maximum Gasteiger partial charge on any atom is 0.306 e. The van der Waals surface area contributed by atoms with Crippen molar-refractivity contribution in [2.75, 3.05) is 13.7 Å². The quantitative estimate of drug-likeness (QED) is 0.603. The van der Waals surface area contributed by atoms with E-state index in [1.807, 2.05) is 30.3 Å². The van der Waals surface area contributed by atoms with Crippen LogP contribution in [0.2, 0.25) is 0 Å². The van der Waals surface area contributed by atoms with E-state index in [4.69, 9.17) is 14.2 Å². The number of esters is 1. The van der Waals surface area contributed by atoms with Crippen LogP contribution in [0.5, 0.6) is 11.5 Å². The molecule has 0 saturated carbocycles. The maximum atomic E-state index is 12.5. The predicted octanol–water partition coefficient (Wildman–Crippen LogP) is 3.02. The van der Waals surface area contributed by atoms with Crippen LogP contribution in [-0.2, 0) is 16.1 Å². The Bertz CT molecular complexity index is 739. The summed E-state index contributed by atoms with van der Waals surface area (Å²) in [6, 6.07) is 14.8. The van der Waals surface area contributed by atoms with E-state index in [2.05, 4.69) is 0 Å². The molecule has 1 heterocycles. The van der Waals surface area contributed by atoms with E-state index in [1.165, 1.54) is 0 Å². The Morgan fingerprint density at radius 2 is 1.96 bits per heavy atom. The first-order valence-corrected chi connectivity index (χ1v) is 7.72. The summed E-state index contributed by atoms with van der Waals surface area (Å²) < 4.78 is 16.0. The normalized spacial score (nSPS) is 16.5. The summed E-state index contributed by atoms with van der Waals surface area (Å²) in [6.07, 6.45) is 0.130. The van der Waals surface area contributed by atoms with Crippen LogP contribution in [-0.4, -0.2) is 25.5 Å². The minimum absolute atomic E-state index is 0.118. The van der Waals surface area contributed by atoms with Gasteiger partial charge in [0.2, 0.25) is 0 Å². The lowest BCUT2D eigenvalue weighted by atomic mass is 9.96. The number of ketones is 1. The summed E-state index contributed by atoms with van der Waals surface area (Å²) in [4.78, 5) is 23.7. The minimum atomic E-state index is -0.423. The highest BCUT2D eigenvalue weighted by Crippen LogP contribution is 2.30. The summed E-state index contributed by atoms with van der Waals surface area (Å²) in [7, 11) is 1.55. The summed E-state index contributed by atoms with van der Waals surface area (Å²) in [5.74, 6) is 0.182. The zero-order valence-corrected chi connectivity index (χ0v) is 13.4. The van der Waals surface area contributed by atoms with Gasteiger partial charge in [0.1, 0.15) is 13.2 Å². The summed E-state index contributed by atoms with van der Waals surface area (Å²) in [5, 5.41) is 0. The standard InChI is InChI=1S/C19H18O5/c1-22-16-8-7-14(19(21)15-10-18(20)24-12-15)9-17(16)23-11-13-5-3-2-4-6-13/h2-9,15H,10-12H2,1H3. The van der Waals surface area contributed by atoms with Gasteiger partial charge in [-0.05, 0) is 23.8 Å². The summed E-state index contributed by atoms with van der Waals surface area (Å²) in [5.41, 5.74) is 1.51. The Morgan fingerprint density at radius 1 is 1.17 bits per heavy atom. The molecule has 0 aromatic heterocycles. The molecule has 0 radical (unpaired) electrons. The Balaban J connectivity index is 1.77. The fraction of sp³-hybridized carbons (Fsp3) is 0.263. The zero-order chi connectivity index (χ0) is 16.9. The average molecular weight is 326 g/mol. The number of benzene rings is 2. The van der Waals surface area contributed by atoms with E-state index < -0.39 is 5.92 Å². The number of methoxy groups -OCH3 is 1. The molecule has 1 fully saturated rings. The second-order valence-electron chi connectivity index (χ2n) is 5.59. The molecule has 5 nitrogen and oxygen atoms in total. The molecule has 1 aliphatic rings. The molecule has 0 spiro atoms. The number of ether oxygens (including phenoxy) is 3. The van der Waals surface area contributed by atoms with Gasteiger partial charge in [-0.3, -0.25) is 9.59 Å². The van der Waals surface area contributed by atoms with Crippen LogP contribution in [0.4, 0.5) is 0 Å². The number of carbonyl (C=O) groups is 2. The number of hydrogen-bond acceptors (Lipinski definition) is 5. The van der Waals surface area contributed by atoms with E-state index in [0.717, 1.165) is 5.56 Å². The topological polar surface area (TPSA) is 61.8 Å². The monoisotopic (exact) mass is 326 g/mol. The number of cyclic esters (lactones) is 1. The number of hydrogen-bond donors (Lipinski definition) is 0. The summed E-state index contributed by atoms with van der Waals surface area (Å²) >= 11 is 0. The van der Waals surface area contributed by atoms with Crippen molar-refractivity contribution in [1.82, 2.24) is 0 Å². The Hall–Kier alpha value is -2.82. The van der Waals surface area contributed by atoms with Crippen LogP contribution >= 0.6 is 0 Å².